The molecular weight excluding hydrogens is 348 g/mol. The van der Waals surface area contributed by atoms with Gasteiger partial charge >= 0.3 is 0 Å². The van der Waals surface area contributed by atoms with Crippen LogP contribution in [-0.4, -0.2) is 10.2 Å². The number of rotatable bonds is 7. The number of phenolic OH excluding ortho intramolecular Hbond substituents is 2. The molecule has 0 aliphatic heterocycles. The summed E-state index contributed by atoms with van der Waals surface area (Å²) in [7, 11) is 0. The second-order valence-corrected chi connectivity index (χ2v) is 6.78. The van der Waals surface area contributed by atoms with Crippen molar-refractivity contribution >= 4 is 5.69 Å². The van der Waals surface area contributed by atoms with Crippen LogP contribution < -0.4 is 5.32 Å². The highest BCUT2D eigenvalue weighted by molar-refractivity contribution is 5.55. The van der Waals surface area contributed by atoms with Gasteiger partial charge in [0.25, 0.3) is 0 Å². The molecule has 0 heterocycles. The molecular formula is C24H22N2O2-2. The Hall–Kier alpha value is -3.53. The van der Waals surface area contributed by atoms with Gasteiger partial charge in [0.15, 0.2) is 0 Å². The summed E-state index contributed by atoms with van der Waals surface area (Å²) in [6.45, 7) is 0. The SMILES string of the molecule is Oc1ccccc1[C@@H](NC1=CC=CC1)[C@@H]([N-]c1ccc[cH-]1)c1ccccc1O. The summed E-state index contributed by atoms with van der Waals surface area (Å²) in [5, 5.41) is 29.6. The van der Waals surface area contributed by atoms with E-state index >= 15 is 0 Å². The Kier molecular flexibility index (Phi) is 5.11. The summed E-state index contributed by atoms with van der Waals surface area (Å²) in [5.41, 5.74) is 3.32. The predicted molar refractivity (Wildman–Crippen MR) is 112 cm³/mol. The van der Waals surface area contributed by atoms with Gasteiger partial charge in [0.1, 0.15) is 11.5 Å². The van der Waals surface area contributed by atoms with Crippen molar-refractivity contribution in [1.82, 2.24) is 5.32 Å². The summed E-state index contributed by atoms with van der Waals surface area (Å²) in [6, 6.07) is 21.5. The predicted octanol–water partition coefficient (Wildman–Crippen LogP) is 5.74. The molecule has 2 atom stereocenters. The summed E-state index contributed by atoms with van der Waals surface area (Å²) < 4.78 is 0. The van der Waals surface area contributed by atoms with Crippen molar-refractivity contribution in [3.05, 3.63) is 113 Å². The first-order valence-electron chi connectivity index (χ1n) is 9.33. The van der Waals surface area contributed by atoms with Gasteiger partial charge in [0, 0.05) is 23.7 Å². The summed E-state index contributed by atoms with van der Waals surface area (Å²) in [5.74, 6) is 0.383. The molecule has 3 N–H and O–H groups in total. The zero-order chi connectivity index (χ0) is 19.3. The Morgan fingerprint density at radius 3 is 2.21 bits per heavy atom. The van der Waals surface area contributed by atoms with Crippen molar-refractivity contribution in [2.45, 2.75) is 18.5 Å². The number of phenols is 2. The molecule has 0 aromatic heterocycles. The lowest BCUT2D eigenvalue weighted by Crippen LogP contribution is -2.26. The molecule has 0 unspecified atom stereocenters. The average Bonchev–Trinajstić information content (AvgIpc) is 3.40. The minimum Gasteiger partial charge on any atom is -0.698 e. The van der Waals surface area contributed by atoms with E-state index in [1.807, 2.05) is 60.7 Å². The summed E-state index contributed by atoms with van der Waals surface area (Å²) >= 11 is 0. The first kappa shape index (κ1) is 17.9. The minimum atomic E-state index is -0.432. The third kappa shape index (κ3) is 3.76. The van der Waals surface area contributed by atoms with Crippen molar-refractivity contribution in [3.63, 3.8) is 0 Å². The fourth-order valence-corrected chi connectivity index (χ4v) is 3.50. The molecule has 142 valence electrons. The molecule has 28 heavy (non-hydrogen) atoms. The highest BCUT2D eigenvalue weighted by Gasteiger charge is 2.23. The molecule has 0 fully saturated rings. The van der Waals surface area contributed by atoms with E-state index in [1.54, 1.807) is 24.3 Å². The van der Waals surface area contributed by atoms with Crippen molar-refractivity contribution in [3.8, 4) is 11.5 Å². The molecule has 0 spiro atoms. The van der Waals surface area contributed by atoms with Gasteiger partial charge in [-0.3, -0.25) is 5.69 Å². The van der Waals surface area contributed by atoms with Crippen LogP contribution in [0.25, 0.3) is 5.32 Å². The topological polar surface area (TPSA) is 66.6 Å². The van der Waals surface area contributed by atoms with E-state index in [4.69, 9.17) is 5.32 Å². The lowest BCUT2D eigenvalue weighted by Gasteiger charge is -2.43. The first-order valence-corrected chi connectivity index (χ1v) is 9.33. The minimum absolute atomic E-state index is 0.184. The standard InChI is InChI=1S/C24H22N2O2/c27-21-15-7-5-13-19(21)23(25-17-9-1-2-10-17)24(26-18-11-3-4-12-18)20-14-6-8-16-22(20)28/h1-11,13-16,23-24,26-28H,12H2/q-2/t23-,24+/m0/s1. The van der Waals surface area contributed by atoms with Crippen LogP contribution in [0, 0.1) is 0 Å². The second-order valence-electron chi connectivity index (χ2n) is 6.78. The van der Waals surface area contributed by atoms with Crippen molar-refractivity contribution in [2.75, 3.05) is 0 Å². The van der Waals surface area contributed by atoms with Crippen molar-refractivity contribution in [1.29, 1.82) is 0 Å². The lowest BCUT2D eigenvalue weighted by atomic mass is 9.91. The number of nitrogens with zero attached hydrogens (tertiary/aromatic N) is 1. The summed E-state index contributed by atoms with van der Waals surface area (Å²) in [6.07, 6.45) is 6.91. The van der Waals surface area contributed by atoms with E-state index in [2.05, 4.69) is 11.4 Å². The zero-order valence-corrected chi connectivity index (χ0v) is 15.4. The molecule has 4 nitrogen and oxygen atoms in total. The van der Waals surface area contributed by atoms with Crippen LogP contribution in [-0.2, 0) is 0 Å². The van der Waals surface area contributed by atoms with Gasteiger partial charge in [0.05, 0.1) is 0 Å². The number of aromatic hydroxyl groups is 2. The Balaban J connectivity index is 1.80. The molecule has 1 aliphatic rings. The molecule has 4 heteroatoms. The average molecular weight is 370 g/mol. The lowest BCUT2D eigenvalue weighted by molar-refractivity contribution is 0.430. The molecule has 0 radical (unpaired) electrons. The van der Waals surface area contributed by atoms with Gasteiger partial charge in [-0.1, -0.05) is 54.6 Å². The van der Waals surface area contributed by atoms with Gasteiger partial charge < -0.3 is 20.8 Å². The van der Waals surface area contributed by atoms with Gasteiger partial charge in [-0.15, -0.1) is 0 Å². The summed E-state index contributed by atoms with van der Waals surface area (Å²) in [4.78, 5) is 0. The van der Waals surface area contributed by atoms with Gasteiger partial charge in [-0.25, -0.2) is 12.1 Å². The van der Waals surface area contributed by atoms with Gasteiger partial charge in [0.2, 0.25) is 0 Å². The molecule has 0 amide bonds. The maximum atomic E-state index is 10.6. The normalized spacial score (nSPS) is 15.1. The Bertz CT molecular complexity index is 989. The van der Waals surface area contributed by atoms with E-state index in [9.17, 15) is 10.2 Å². The van der Waals surface area contributed by atoms with Gasteiger partial charge in [-0.05, 0) is 23.8 Å². The first-order chi connectivity index (χ1) is 13.7. The van der Waals surface area contributed by atoms with Crippen LogP contribution in [0.4, 0.5) is 5.69 Å². The van der Waals surface area contributed by atoms with Crippen LogP contribution >= 0.6 is 0 Å². The number of allylic oxidation sites excluding steroid dienone is 3. The van der Waals surface area contributed by atoms with E-state index < -0.39 is 6.04 Å². The van der Waals surface area contributed by atoms with Gasteiger partial charge in [-0.2, -0.15) is 12.1 Å². The number of hydrogen-bond donors (Lipinski definition) is 3. The molecule has 1 aliphatic carbocycles. The maximum Gasteiger partial charge on any atom is 0.120 e. The highest BCUT2D eigenvalue weighted by Crippen LogP contribution is 2.45. The van der Waals surface area contributed by atoms with E-state index in [-0.39, 0.29) is 17.5 Å². The highest BCUT2D eigenvalue weighted by atomic mass is 16.3. The number of nitrogens with one attached hydrogen (secondary N) is 1. The fourth-order valence-electron chi connectivity index (χ4n) is 3.50. The third-order valence-electron chi connectivity index (χ3n) is 4.89. The zero-order valence-electron chi connectivity index (χ0n) is 15.4. The smallest absolute Gasteiger partial charge is 0.120 e. The van der Waals surface area contributed by atoms with E-state index in [0.717, 1.165) is 23.4 Å². The maximum absolute atomic E-state index is 10.6. The second kappa shape index (κ2) is 8.01. The largest absolute Gasteiger partial charge is 0.698 e. The number of benzene rings is 2. The molecule has 0 bridgehead atoms. The Morgan fingerprint density at radius 2 is 1.61 bits per heavy atom. The van der Waals surface area contributed by atoms with E-state index in [1.165, 1.54) is 0 Å². The van der Waals surface area contributed by atoms with E-state index in [0.29, 0.717) is 5.56 Å². The molecule has 0 saturated carbocycles. The Morgan fingerprint density at radius 1 is 0.893 bits per heavy atom. The van der Waals surface area contributed by atoms with Crippen LogP contribution in [0.15, 0.2) is 96.7 Å². The number of para-hydroxylation sites is 2. The monoisotopic (exact) mass is 370 g/mol. The van der Waals surface area contributed by atoms with Crippen molar-refractivity contribution in [2.24, 2.45) is 0 Å². The molecule has 0 saturated heterocycles. The van der Waals surface area contributed by atoms with Crippen LogP contribution in [0.2, 0.25) is 0 Å². The molecule has 3 aromatic carbocycles. The molecule has 3 aromatic rings. The quantitative estimate of drug-likeness (QED) is 0.465. The third-order valence-corrected chi connectivity index (χ3v) is 4.89. The number of hydrogen-bond acceptors (Lipinski definition) is 3. The Labute approximate surface area is 164 Å². The van der Waals surface area contributed by atoms with Crippen LogP contribution in [0.3, 0.4) is 0 Å². The fraction of sp³-hybridized carbons (Fsp3) is 0.125. The van der Waals surface area contributed by atoms with Crippen LogP contribution in [0.1, 0.15) is 29.6 Å². The van der Waals surface area contributed by atoms with Crippen molar-refractivity contribution < 1.29 is 10.2 Å². The molecule has 4 rings (SSSR count). The van der Waals surface area contributed by atoms with Crippen LogP contribution in [0.5, 0.6) is 11.5 Å².